The molecular weight excluding hydrogens is 426 g/mol. The summed E-state index contributed by atoms with van der Waals surface area (Å²) in [5, 5.41) is 17.5. The molecule has 9 heteroatoms. The number of aromatic nitrogens is 3. The summed E-state index contributed by atoms with van der Waals surface area (Å²) >= 11 is 5.99. The van der Waals surface area contributed by atoms with Crippen LogP contribution in [0.4, 0.5) is 0 Å². The Morgan fingerprint density at radius 2 is 1.63 bits per heavy atom. The first kappa shape index (κ1) is 19.8. The average molecular weight is 440 g/mol. The van der Waals surface area contributed by atoms with Crippen LogP contribution in [0.15, 0.2) is 88.8 Å². The summed E-state index contributed by atoms with van der Waals surface area (Å²) in [7, 11) is -3.99. The molecular formula is C21H14ClN3O4S. The summed E-state index contributed by atoms with van der Waals surface area (Å²) in [6, 6.07) is 20.5. The van der Waals surface area contributed by atoms with Crippen LogP contribution in [-0.4, -0.2) is 34.5 Å². The fourth-order valence-electron chi connectivity index (χ4n) is 2.97. The van der Waals surface area contributed by atoms with Gasteiger partial charge in [-0.2, -0.15) is 0 Å². The Morgan fingerprint density at radius 1 is 0.933 bits per heavy atom. The number of hydrogen-bond acceptors (Lipinski definition) is 5. The van der Waals surface area contributed by atoms with E-state index in [4.69, 9.17) is 11.6 Å². The lowest BCUT2D eigenvalue weighted by molar-refractivity contribution is 0.0697. The van der Waals surface area contributed by atoms with Gasteiger partial charge in [0.2, 0.25) is 14.9 Å². The molecule has 0 saturated heterocycles. The van der Waals surface area contributed by atoms with Crippen molar-refractivity contribution in [1.29, 1.82) is 0 Å². The highest BCUT2D eigenvalue weighted by molar-refractivity contribution is 7.91. The van der Waals surface area contributed by atoms with Gasteiger partial charge in [0.05, 0.1) is 16.1 Å². The first-order valence-corrected chi connectivity index (χ1v) is 10.6. The molecule has 0 fully saturated rings. The molecule has 0 aliphatic heterocycles. The summed E-state index contributed by atoms with van der Waals surface area (Å²) in [6.45, 7) is 0. The molecule has 0 amide bonds. The fraction of sp³-hybridized carbons (Fsp3) is 0. The van der Waals surface area contributed by atoms with E-state index in [1.54, 1.807) is 54.6 Å². The van der Waals surface area contributed by atoms with Crippen LogP contribution < -0.4 is 0 Å². The van der Waals surface area contributed by atoms with Crippen molar-refractivity contribution < 1.29 is 18.3 Å². The van der Waals surface area contributed by atoms with Gasteiger partial charge in [-0.05, 0) is 42.5 Å². The minimum absolute atomic E-state index is 0.0394. The maximum atomic E-state index is 13.3. The van der Waals surface area contributed by atoms with Crippen LogP contribution in [0.1, 0.15) is 10.4 Å². The third-order valence-corrected chi connectivity index (χ3v) is 6.33. The number of carboxylic acids is 1. The number of nitrogens with zero attached hydrogens (tertiary/aromatic N) is 3. The van der Waals surface area contributed by atoms with E-state index in [1.165, 1.54) is 28.9 Å². The normalized spacial score (nSPS) is 11.4. The summed E-state index contributed by atoms with van der Waals surface area (Å²) in [6.07, 6.45) is 0. The zero-order valence-electron chi connectivity index (χ0n) is 15.3. The minimum Gasteiger partial charge on any atom is -0.478 e. The van der Waals surface area contributed by atoms with Crippen molar-refractivity contribution in [2.75, 3.05) is 0 Å². The zero-order chi connectivity index (χ0) is 21.3. The summed E-state index contributed by atoms with van der Waals surface area (Å²) in [4.78, 5) is 11.4. The van der Waals surface area contributed by atoms with E-state index in [9.17, 15) is 18.3 Å². The Kier molecular flexibility index (Phi) is 5.11. The zero-order valence-corrected chi connectivity index (χ0v) is 16.9. The molecule has 1 N–H and O–H groups in total. The van der Waals surface area contributed by atoms with Crippen LogP contribution in [0.5, 0.6) is 0 Å². The highest BCUT2D eigenvalue weighted by Crippen LogP contribution is 2.32. The fourth-order valence-corrected chi connectivity index (χ4v) is 4.43. The molecule has 0 saturated carbocycles. The predicted molar refractivity (Wildman–Crippen MR) is 111 cm³/mol. The van der Waals surface area contributed by atoms with Gasteiger partial charge in [-0.3, -0.25) is 0 Å². The first-order valence-electron chi connectivity index (χ1n) is 8.73. The van der Waals surface area contributed by atoms with E-state index < -0.39 is 15.8 Å². The number of carbonyl (C=O) groups is 1. The molecule has 7 nitrogen and oxygen atoms in total. The van der Waals surface area contributed by atoms with E-state index in [0.717, 1.165) is 0 Å². The van der Waals surface area contributed by atoms with E-state index in [-0.39, 0.29) is 21.2 Å². The Hall–Kier alpha value is -3.49. The number of carboxylic acid groups (broad SMARTS) is 1. The van der Waals surface area contributed by atoms with Gasteiger partial charge in [0.1, 0.15) is 5.69 Å². The van der Waals surface area contributed by atoms with Gasteiger partial charge in [0.25, 0.3) is 0 Å². The molecule has 0 aliphatic carbocycles. The Bertz CT molecular complexity index is 1330. The molecule has 0 aliphatic rings. The van der Waals surface area contributed by atoms with Crippen LogP contribution in [0.25, 0.3) is 16.9 Å². The SMILES string of the molecule is O=C(O)c1cccc(-n2nnc(S(=O)(=O)c3ccccc3)c2-c2ccc(Cl)cc2)c1. The average Bonchev–Trinajstić information content (AvgIpc) is 3.21. The van der Waals surface area contributed by atoms with Crippen LogP contribution >= 0.6 is 11.6 Å². The number of benzene rings is 3. The number of halogens is 1. The van der Waals surface area contributed by atoms with Crippen molar-refractivity contribution in [3.63, 3.8) is 0 Å². The molecule has 3 aromatic carbocycles. The van der Waals surface area contributed by atoms with Crippen molar-refractivity contribution in [1.82, 2.24) is 15.0 Å². The maximum Gasteiger partial charge on any atom is 0.335 e. The third-order valence-electron chi connectivity index (χ3n) is 4.40. The van der Waals surface area contributed by atoms with E-state index in [2.05, 4.69) is 10.3 Å². The molecule has 1 aromatic heterocycles. The number of hydrogen-bond donors (Lipinski definition) is 1. The van der Waals surface area contributed by atoms with Crippen molar-refractivity contribution in [2.24, 2.45) is 0 Å². The van der Waals surface area contributed by atoms with Crippen molar-refractivity contribution in [3.8, 4) is 16.9 Å². The van der Waals surface area contributed by atoms with Gasteiger partial charge in [0, 0.05) is 10.6 Å². The Labute approximate surface area is 177 Å². The summed E-state index contributed by atoms with van der Waals surface area (Å²) in [5.74, 6) is -1.11. The molecule has 0 bridgehead atoms. The monoisotopic (exact) mass is 439 g/mol. The van der Waals surface area contributed by atoms with Gasteiger partial charge < -0.3 is 5.11 Å². The van der Waals surface area contributed by atoms with E-state index in [1.807, 2.05) is 0 Å². The van der Waals surface area contributed by atoms with Gasteiger partial charge in [-0.15, -0.1) is 5.10 Å². The van der Waals surface area contributed by atoms with Gasteiger partial charge in [0.15, 0.2) is 0 Å². The van der Waals surface area contributed by atoms with E-state index in [0.29, 0.717) is 16.3 Å². The molecule has 4 aromatic rings. The third kappa shape index (κ3) is 3.58. The number of rotatable bonds is 5. The summed E-state index contributed by atoms with van der Waals surface area (Å²) in [5.41, 5.74) is 1.12. The molecule has 1 heterocycles. The quantitative estimate of drug-likeness (QED) is 0.501. The minimum atomic E-state index is -3.99. The lowest BCUT2D eigenvalue weighted by Gasteiger charge is -2.10. The topological polar surface area (TPSA) is 102 Å². The van der Waals surface area contributed by atoms with Crippen LogP contribution in [0, 0.1) is 0 Å². The molecule has 30 heavy (non-hydrogen) atoms. The predicted octanol–water partition coefficient (Wildman–Crippen LogP) is 4.12. The number of aromatic carboxylic acids is 1. The first-order chi connectivity index (χ1) is 14.4. The molecule has 0 radical (unpaired) electrons. The van der Waals surface area contributed by atoms with Crippen LogP contribution in [0.2, 0.25) is 5.02 Å². The molecule has 150 valence electrons. The van der Waals surface area contributed by atoms with E-state index >= 15 is 0 Å². The Morgan fingerprint density at radius 3 is 2.30 bits per heavy atom. The number of sulfone groups is 1. The molecule has 4 rings (SSSR count). The standard InChI is InChI=1S/C21H14ClN3O4S/c22-16-11-9-14(10-12-16)19-20(30(28,29)18-7-2-1-3-8-18)23-24-25(19)17-6-4-5-15(13-17)21(26)27/h1-13H,(H,26,27). The smallest absolute Gasteiger partial charge is 0.335 e. The van der Waals surface area contributed by atoms with Crippen LogP contribution in [0.3, 0.4) is 0 Å². The second kappa shape index (κ2) is 7.74. The van der Waals surface area contributed by atoms with Gasteiger partial charge >= 0.3 is 5.97 Å². The Balaban J connectivity index is 1.98. The van der Waals surface area contributed by atoms with Crippen molar-refractivity contribution in [2.45, 2.75) is 9.92 Å². The maximum absolute atomic E-state index is 13.3. The largest absolute Gasteiger partial charge is 0.478 e. The highest BCUT2D eigenvalue weighted by atomic mass is 35.5. The molecule has 0 spiro atoms. The molecule has 0 atom stereocenters. The van der Waals surface area contributed by atoms with Crippen molar-refractivity contribution >= 4 is 27.4 Å². The lowest BCUT2D eigenvalue weighted by atomic mass is 10.1. The van der Waals surface area contributed by atoms with Gasteiger partial charge in [-0.1, -0.05) is 53.2 Å². The second-order valence-electron chi connectivity index (χ2n) is 6.33. The van der Waals surface area contributed by atoms with Gasteiger partial charge in [-0.25, -0.2) is 17.9 Å². The molecule has 0 unspecified atom stereocenters. The lowest BCUT2D eigenvalue weighted by Crippen LogP contribution is -2.06. The van der Waals surface area contributed by atoms with Crippen LogP contribution in [-0.2, 0) is 9.84 Å². The second-order valence-corrected chi connectivity index (χ2v) is 8.64. The van der Waals surface area contributed by atoms with Crippen molar-refractivity contribution in [3.05, 3.63) is 89.4 Å². The highest BCUT2D eigenvalue weighted by Gasteiger charge is 2.29. The summed E-state index contributed by atoms with van der Waals surface area (Å²) < 4.78 is 27.9.